The van der Waals surface area contributed by atoms with Crippen molar-refractivity contribution in [2.24, 2.45) is 0 Å². The molecular formula is C24H17F2N3O3. The zero-order valence-electron chi connectivity index (χ0n) is 16.7. The van der Waals surface area contributed by atoms with E-state index in [9.17, 15) is 18.7 Å². The summed E-state index contributed by atoms with van der Waals surface area (Å²) in [6.45, 7) is 0. The lowest BCUT2D eigenvalue weighted by atomic mass is 10.1. The Hall–Kier alpha value is -4.20. The van der Waals surface area contributed by atoms with Crippen molar-refractivity contribution >= 4 is 0 Å². The Morgan fingerprint density at radius 2 is 1.88 bits per heavy atom. The Kier molecular flexibility index (Phi) is 4.82. The summed E-state index contributed by atoms with van der Waals surface area (Å²) in [6, 6.07) is 13.9. The third kappa shape index (κ3) is 3.45. The van der Waals surface area contributed by atoms with E-state index >= 15 is 0 Å². The number of benzene rings is 2. The minimum Gasteiger partial charge on any atom is -0.505 e. The molecule has 2 N–H and O–H groups in total. The highest BCUT2D eigenvalue weighted by Gasteiger charge is 2.22. The van der Waals surface area contributed by atoms with Crippen LogP contribution in [0.5, 0.6) is 5.75 Å². The third-order valence-electron chi connectivity index (χ3n) is 5.26. The van der Waals surface area contributed by atoms with Crippen LogP contribution in [0, 0.1) is 11.6 Å². The Morgan fingerprint density at radius 1 is 1.03 bits per heavy atom. The summed E-state index contributed by atoms with van der Waals surface area (Å²) < 4.78 is 35.6. The van der Waals surface area contributed by atoms with Crippen molar-refractivity contribution in [3.8, 4) is 22.8 Å². The number of phenols is 1. The summed E-state index contributed by atoms with van der Waals surface area (Å²) in [5.74, 6) is -0.868. The van der Waals surface area contributed by atoms with E-state index in [0.717, 1.165) is 0 Å². The molecule has 1 aromatic heterocycles. The van der Waals surface area contributed by atoms with E-state index < -0.39 is 17.4 Å². The maximum Gasteiger partial charge on any atom is 0.278 e. The minimum absolute atomic E-state index is 0.0716. The van der Waals surface area contributed by atoms with Gasteiger partial charge in [0.1, 0.15) is 17.3 Å². The average Bonchev–Trinajstić information content (AvgIpc) is 3.41. The van der Waals surface area contributed by atoms with Crippen LogP contribution in [-0.2, 0) is 12.8 Å². The Bertz CT molecular complexity index is 1440. The molecule has 6 nitrogen and oxygen atoms in total. The van der Waals surface area contributed by atoms with Crippen molar-refractivity contribution in [3.63, 3.8) is 0 Å². The molecule has 3 aromatic rings. The van der Waals surface area contributed by atoms with Gasteiger partial charge < -0.3 is 14.5 Å². The second-order valence-electron chi connectivity index (χ2n) is 7.37. The van der Waals surface area contributed by atoms with Gasteiger partial charge >= 0.3 is 0 Å². The van der Waals surface area contributed by atoms with E-state index in [2.05, 4.69) is 9.97 Å². The summed E-state index contributed by atoms with van der Waals surface area (Å²) in [4.78, 5) is 20.7. The van der Waals surface area contributed by atoms with Crippen molar-refractivity contribution in [3.05, 3.63) is 112 Å². The summed E-state index contributed by atoms with van der Waals surface area (Å²) in [7, 11) is 0. The van der Waals surface area contributed by atoms with Crippen LogP contribution in [-0.4, -0.2) is 19.6 Å². The first-order valence-electron chi connectivity index (χ1n) is 9.88. The fourth-order valence-corrected chi connectivity index (χ4v) is 3.69. The van der Waals surface area contributed by atoms with Gasteiger partial charge in [-0.2, -0.15) is 0 Å². The van der Waals surface area contributed by atoms with Crippen LogP contribution >= 0.6 is 0 Å². The van der Waals surface area contributed by atoms with E-state index in [1.165, 1.54) is 41.3 Å². The molecule has 0 saturated carbocycles. The normalized spacial score (nSPS) is 11.3. The number of nitrogens with one attached hydrogen (secondary N) is 1. The Labute approximate surface area is 180 Å². The fourth-order valence-electron chi connectivity index (χ4n) is 3.69. The van der Waals surface area contributed by atoms with Gasteiger partial charge in [0.15, 0.2) is 17.4 Å². The van der Waals surface area contributed by atoms with Crippen molar-refractivity contribution in [2.45, 2.75) is 12.8 Å². The quantitative estimate of drug-likeness (QED) is 0.430. The molecule has 0 aliphatic carbocycles. The maximum absolute atomic E-state index is 14.6. The molecule has 160 valence electrons. The molecule has 2 aromatic carbocycles. The van der Waals surface area contributed by atoms with Crippen LogP contribution in [0.15, 0.2) is 76.3 Å². The van der Waals surface area contributed by atoms with E-state index in [-0.39, 0.29) is 35.4 Å². The number of aromatic amines is 1. The van der Waals surface area contributed by atoms with Gasteiger partial charge in [-0.05, 0) is 35.9 Å². The Morgan fingerprint density at radius 3 is 2.66 bits per heavy atom. The molecule has 0 unspecified atom stereocenters. The molecule has 2 aliphatic rings. The van der Waals surface area contributed by atoms with E-state index in [4.69, 9.17) is 4.42 Å². The lowest BCUT2D eigenvalue weighted by Gasteiger charge is -2.14. The molecule has 0 atom stereocenters. The predicted molar refractivity (Wildman–Crippen MR) is 113 cm³/mol. The fraction of sp³-hybridized carbons (Fsp3) is 0.0833. The zero-order chi connectivity index (χ0) is 22.2. The zero-order valence-corrected chi connectivity index (χ0v) is 16.7. The molecule has 0 bridgehead atoms. The SMILES string of the molecule is O=c1c(Cc2ccco2)nc2c(Cc3ccccc3F)[nH]c(-c3cccc(O)c3F)cn1-2. The molecule has 5 rings (SSSR count). The Balaban J connectivity index is 1.71. The maximum atomic E-state index is 14.6. The largest absolute Gasteiger partial charge is 0.505 e. The molecule has 32 heavy (non-hydrogen) atoms. The number of aromatic hydroxyl groups is 1. The molecule has 2 aliphatic heterocycles. The highest BCUT2D eigenvalue weighted by atomic mass is 19.1. The van der Waals surface area contributed by atoms with Crippen LogP contribution in [0.25, 0.3) is 17.1 Å². The molecule has 0 fully saturated rings. The molecule has 3 heterocycles. The van der Waals surface area contributed by atoms with E-state index in [1.807, 2.05) is 0 Å². The van der Waals surface area contributed by atoms with Gasteiger partial charge in [-0.3, -0.25) is 9.36 Å². The smallest absolute Gasteiger partial charge is 0.278 e. The second kappa shape index (κ2) is 7.81. The number of phenolic OH excluding ortho intramolecular Hbond substituents is 1. The number of halogens is 2. The summed E-state index contributed by atoms with van der Waals surface area (Å²) in [5.41, 5.74) is 0.998. The van der Waals surface area contributed by atoms with Gasteiger partial charge in [-0.15, -0.1) is 0 Å². The molecule has 0 spiro atoms. The van der Waals surface area contributed by atoms with E-state index in [0.29, 0.717) is 22.8 Å². The lowest BCUT2D eigenvalue weighted by Crippen LogP contribution is -2.18. The van der Waals surface area contributed by atoms with Gasteiger partial charge in [-0.1, -0.05) is 24.3 Å². The first-order chi connectivity index (χ1) is 15.5. The molecule has 8 heteroatoms. The van der Waals surface area contributed by atoms with Gasteiger partial charge in [0.2, 0.25) is 0 Å². The topological polar surface area (TPSA) is 84.1 Å². The highest BCUT2D eigenvalue weighted by Crippen LogP contribution is 2.29. The van der Waals surface area contributed by atoms with Crippen LogP contribution in [0.3, 0.4) is 0 Å². The van der Waals surface area contributed by atoms with Crippen molar-refractivity contribution in [1.82, 2.24) is 14.5 Å². The van der Waals surface area contributed by atoms with Gasteiger partial charge in [0, 0.05) is 18.2 Å². The number of H-pyrrole nitrogens is 1. The van der Waals surface area contributed by atoms with Crippen LogP contribution in [0.4, 0.5) is 8.78 Å². The first kappa shape index (κ1) is 19.7. The number of nitrogens with zero attached hydrogens (tertiary/aromatic N) is 2. The molecule has 0 amide bonds. The monoisotopic (exact) mass is 433 g/mol. The number of fused-ring (bicyclic) bond motifs is 1. The molecule has 0 saturated heterocycles. The van der Waals surface area contributed by atoms with Crippen LogP contribution in [0.2, 0.25) is 0 Å². The highest BCUT2D eigenvalue weighted by molar-refractivity contribution is 5.63. The van der Waals surface area contributed by atoms with E-state index in [1.54, 1.807) is 30.3 Å². The predicted octanol–water partition coefficient (Wildman–Crippen LogP) is 4.42. The number of furan rings is 1. The molecule has 0 radical (unpaired) electrons. The van der Waals surface area contributed by atoms with Crippen LogP contribution < -0.4 is 5.56 Å². The number of rotatable bonds is 5. The third-order valence-corrected chi connectivity index (χ3v) is 5.26. The van der Waals surface area contributed by atoms with Gasteiger partial charge in [0.25, 0.3) is 5.56 Å². The molecular weight excluding hydrogens is 416 g/mol. The standard InChI is InChI=1S/C24H17F2N3O3/c25-17-8-2-1-5-14(17)11-18-23-28-19(12-15-6-4-10-32-15)24(31)29(23)13-20(27-18)16-7-3-9-21(30)22(16)26/h1-10,13,27,30H,11-12H2. The van der Waals surface area contributed by atoms with Crippen molar-refractivity contribution in [2.75, 3.05) is 0 Å². The summed E-state index contributed by atoms with van der Waals surface area (Å²) in [6.07, 6.45) is 3.22. The average molecular weight is 433 g/mol. The summed E-state index contributed by atoms with van der Waals surface area (Å²) in [5, 5.41) is 9.79. The van der Waals surface area contributed by atoms with Crippen molar-refractivity contribution < 1.29 is 18.3 Å². The van der Waals surface area contributed by atoms with Gasteiger partial charge in [-0.25, -0.2) is 13.8 Å². The second-order valence-corrected chi connectivity index (χ2v) is 7.37. The number of aromatic nitrogens is 3. The number of hydrogen-bond donors (Lipinski definition) is 2. The number of hydrogen-bond acceptors (Lipinski definition) is 4. The first-order valence-corrected chi connectivity index (χ1v) is 9.88. The van der Waals surface area contributed by atoms with Crippen LogP contribution in [0.1, 0.15) is 22.7 Å². The summed E-state index contributed by atoms with van der Waals surface area (Å²) >= 11 is 0. The minimum atomic E-state index is -0.830. The number of imidazole rings is 1. The lowest BCUT2D eigenvalue weighted by molar-refractivity contribution is 0.433. The van der Waals surface area contributed by atoms with Gasteiger partial charge in [0.05, 0.1) is 24.1 Å². The van der Waals surface area contributed by atoms with Crippen molar-refractivity contribution in [1.29, 1.82) is 0 Å².